The van der Waals surface area contributed by atoms with Crippen molar-refractivity contribution in [1.82, 2.24) is 10.2 Å². The molecule has 138 valence electrons. The quantitative estimate of drug-likeness (QED) is 0.767. The van der Waals surface area contributed by atoms with Crippen molar-refractivity contribution in [2.75, 3.05) is 13.6 Å². The van der Waals surface area contributed by atoms with Gasteiger partial charge in [0, 0.05) is 24.9 Å². The molecule has 0 radical (unpaired) electrons. The topological polar surface area (TPSA) is 86.7 Å². The third-order valence-corrected chi connectivity index (χ3v) is 5.95. The molecule has 0 saturated carbocycles. The van der Waals surface area contributed by atoms with E-state index in [1.54, 1.807) is 34.6 Å². The Morgan fingerprint density at radius 2 is 2.00 bits per heavy atom. The van der Waals surface area contributed by atoms with Gasteiger partial charge in [0.25, 0.3) is 0 Å². The summed E-state index contributed by atoms with van der Waals surface area (Å²) in [4.78, 5) is 37.8. The molecule has 1 rings (SSSR count). The standard InChI is InChI=1S/C17H29FN2O4/c1-7-11(10-21)17(13(22)19-6)16(5,15(2,3)4)12(18)8-9-20(17)14(23)24/h10-12H,7-9H2,1-6H3,(H,19,22)(H,23,24). The van der Waals surface area contributed by atoms with Crippen LogP contribution in [-0.2, 0) is 9.59 Å². The van der Waals surface area contributed by atoms with Crippen LogP contribution in [0.2, 0.25) is 0 Å². The molecule has 1 fully saturated rings. The van der Waals surface area contributed by atoms with Crippen LogP contribution in [0.3, 0.4) is 0 Å². The molecule has 1 aliphatic heterocycles. The maximum absolute atomic E-state index is 15.3. The summed E-state index contributed by atoms with van der Waals surface area (Å²) in [5.41, 5.74) is -3.94. The molecular formula is C17H29FN2O4. The number of likely N-dealkylation sites (N-methyl/N-ethyl adjacent to an activating group) is 1. The number of aldehydes is 1. The molecule has 1 saturated heterocycles. The highest BCUT2D eigenvalue weighted by molar-refractivity contribution is 5.94. The Bertz CT molecular complexity index is 519. The van der Waals surface area contributed by atoms with Crippen LogP contribution in [0.5, 0.6) is 0 Å². The molecule has 4 atom stereocenters. The van der Waals surface area contributed by atoms with Crippen LogP contribution >= 0.6 is 0 Å². The summed E-state index contributed by atoms with van der Waals surface area (Å²) in [5.74, 6) is -1.58. The van der Waals surface area contributed by atoms with Gasteiger partial charge in [-0.25, -0.2) is 9.18 Å². The molecule has 1 aliphatic rings. The lowest BCUT2D eigenvalue weighted by Gasteiger charge is -2.63. The number of alkyl halides is 1. The number of nitrogens with zero attached hydrogens (tertiary/aromatic N) is 1. The van der Waals surface area contributed by atoms with Crippen molar-refractivity contribution in [1.29, 1.82) is 0 Å². The van der Waals surface area contributed by atoms with E-state index >= 15 is 4.39 Å². The zero-order valence-corrected chi connectivity index (χ0v) is 15.4. The van der Waals surface area contributed by atoms with Gasteiger partial charge in [-0.1, -0.05) is 34.6 Å². The third kappa shape index (κ3) is 2.48. The average Bonchev–Trinajstić information content (AvgIpc) is 2.50. The summed E-state index contributed by atoms with van der Waals surface area (Å²) >= 11 is 0. The van der Waals surface area contributed by atoms with Gasteiger partial charge in [-0.2, -0.15) is 0 Å². The van der Waals surface area contributed by atoms with E-state index in [2.05, 4.69) is 5.32 Å². The molecule has 2 amide bonds. The summed E-state index contributed by atoms with van der Waals surface area (Å²) < 4.78 is 15.3. The Morgan fingerprint density at radius 1 is 1.46 bits per heavy atom. The molecule has 2 N–H and O–H groups in total. The predicted molar refractivity (Wildman–Crippen MR) is 88.4 cm³/mol. The highest BCUT2D eigenvalue weighted by Gasteiger charge is 2.71. The number of hydrogen-bond donors (Lipinski definition) is 2. The van der Waals surface area contributed by atoms with E-state index in [1.165, 1.54) is 7.05 Å². The van der Waals surface area contributed by atoms with Gasteiger partial charge in [-0.3, -0.25) is 9.69 Å². The van der Waals surface area contributed by atoms with Crippen molar-refractivity contribution < 1.29 is 23.9 Å². The Labute approximate surface area is 142 Å². The van der Waals surface area contributed by atoms with Crippen LogP contribution in [0.15, 0.2) is 0 Å². The minimum Gasteiger partial charge on any atom is -0.465 e. The number of rotatable bonds is 4. The number of carbonyl (C=O) groups excluding carboxylic acids is 2. The number of likely N-dealkylation sites (tertiary alicyclic amines) is 1. The molecule has 0 aromatic rings. The summed E-state index contributed by atoms with van der Waals surface area (Å²) in [6.07, 6.45) is -1.92. The molecule has 6 nitrogen and oxygen atoms in total. The van der Waals surface area contributed by atoms with Crippen LogP contribution in [0.1, 0.15) is 47.5 Å². The number of carbonyl (C=O) groups is 3. The minimum absolute atomic E-state index is 0.00585. The molecule has 0 spiro atoms. The maximum Gasteiger partial charge on any atom is 0.408 e. The van der Waals surface area contributed by atoms with Gasteiger partial charge in [0.2, 0.25) is 5.91 Å². The molecule has 0 aliphatic carbocycles. The smallest absolute Gasteiger partial charge is 0.408 e. The summed E-state index contributed by atoms with van der Waals surface area (Å²) in [5, 5.41) is 12.2. The first-order valence-corrected chi connectivity index (χ1v) is 8.28. The Morgan fingerprint density at radius 3 is 2.33 bits per heavy atom. The fourth-order valence-electron chi connectivity index (χ4n) is 4.31. The maximum atomic E-state index is 15.3. The van der Waals surface area contributed by atoms with Crippen LogP contribution in [0, 0.1) is 16.7 Å². The van der Waals surface area contributed by atoms with E-state index in [1.807, 2.05) is 0 Å². The number of halogens is 1. The Kier molecular flexibility index (Phi) is 5.68. The highest BCUT2D eigenvalue weighted by Crippen LogP contribution is 2.59. The second-order valence-electron chi connectivity index (χ2n) is 7.64. The fraction of sp³-hybridized carbons (Fsp3) is 0.824. The van der Waals surface area contributed by atoms with Crippen molar-refractivity contribution in [3.05, 3.63) is 0 Å². The normalized spacial score (nSPS) is 32.1. The SMILES string of the molecule is CCC(C=O)C1(C(=O)NC)N(C(=O)O)CCC(F)C1(C)C(C)(C)C. The first-order valence-electron chi connectivity index (χ1n) is 8.28. The second-order valence-corrected chi connectivity index (χ2v) is 7.64. The molecule has 0 aromatic carbocycles. The van der Waals surface area contributed by atoms with Crippen LogP contribution in [0.4, 0.5) is 9.18 Å². The molecule has 0 aromatic heterocycles. The number of carboxylic acid groups (broad SMARTS) is 1. The number of hydrogen-bond acceptors (Lipinski definition) is 3. The average molecular weight is 344 g/mol. The van der Waals surface area contributed by atoms with Gasteiger partial charge in [0.1, 0.15) is 18.0 Å². The minimum atomic E-state index is -1.81. The van der Waals surface area contributed by atoms with E-state index in [4.69, 9.17) is 0 Å². The number of piperidine rings is 1. The van der Waals surface area contributed by atoms with Gasteiger partial charge in [0.05, 0.1) is 0 Å². The molecule has 7 heteroatoms. The van der Waals surface area contributed by atoms with E-state index in [-0.39, 0.29) is 19.4 Å². The zero-order valence-electron chi connectivity index (χ0n) is 15.4. The first kappa shape index (κ1) is 20.4. The fourth-order valence-corrected chi connectivity index (χ4v) is 4.31. The van der Waals surface area contributed by atoms with E-state index in [9.17, 15) is 19.5 Å². The molecule has 1 heterocycles. The lowest BCUT2D eigenvalue weighted by atomic mass is 9.48. The molecule has 4 unspecified atom stereocenters. The van der Waals surface area contributed by atoms with Gasteiger partial charge < -0.3 is 15.2 Å². The van der Waals surface area contributed by atoms with Gasteiger partial charge in [0.15, 0.2) is 0 Å². The van der Waals surface area contributed by atoms with E-state index < -0.39 is 40.5 Å². The highest BCUT2D eigenvalue weighted by atomic mass is 19.1. The summed E-state index contributed by atoms with van der Waals surface area (Å²) in [6, 6.07) is 0. The van der Waals surface area contributed by atoms with Crippen molar-refractivity contribution in [3.63, 3.8) is 0 Å². The Hall–Kier alpha value is -1.66. The zero-order chi connectivity index (χ0) is 18.9. The Balaban J connectivity index is 3.94. The molecule has 0 bridgehead atoms. The van der Waals surface area contributed by atoms with Crippen LogP contribution < -0.4 is 5.32 Å². The second kappa shape index (κ2) is 6.69. The summed E-state index contributed by atoms with van der Waals surface area (Å²) in [7, 11) is 1.38. The largest absolute Gasteiger partial charge is 0.465 e. The van der Waals surface area contributed by atoms with E-state index in [0.29, 0.717) is 6.29 Å². The first-order chi connectivity index (χ1) is 11.0. The lowest BCUT2D eigenvalue weighted by Crippen LogP contribution is -2.79. The van der Waals surface area contributed by atoms with Gasteiger partial charge in [-0.15, -0.1) is 0 Å². The molecular weight excluding hydrogens is 315 g/mol. The number of amides is 2. The predicted octanol–water partition coefficient (Wildman–Crippen LogP) is 2.47. The van der Waals surface area contributed by atoms with Crippen LogP contribution in [-0.4, -0.2) is 53.6 Å². The third-order valence-electron chi connectivity index (χ3n) is 5.95. The van der Waals surface area contributed by atoms with Crippen molar-refractivity contribution in [2.24, 2.45) is 16.7 Å². The van der Waals surface area contributed by atoms with Gasteiger partial charge >= 0.3 is 6.09 Å². The summed E-state index contributed by atoms with van der Waals surface area (Å²) in [6.45, 7) is 8.50. The van der Waals surface area contributed by atoms with Crippen LogP contribution in [0.25, 0.3) is 0 Å². The van der Waals surface area contributed by atoms with Crippen molar-refractivity contribution in [2.45, 2.75) is 59.2 Å². The number of nitrogens with one attached hydrogen (secondary N) is 1. The van der Waals surface area contributed by atoms with Crippen molar-refractivity contribution in [3.8, 4) is 0 Å². The monoisotopic (exact) mass is 344 g/mol. The van der Waals surface area contributed by atoms with E-state index in [0.717, 1.165) is 4.90 Å². The van der Waals surface area contributed by atoms with Crippen molar-refractivity contribution >= 4 is 18.3 Å². The lowest BCUT2D eigenvalue weighted by molar-refractivity contribution is -0.189. The van der Waals surface area contributed by atoms with Gasteiger partial charge in [-0.05, 0) is 18.3 Å². The molecule has 24 heavy (non-hydrogen) atoms.